The molecule has 0 radical (unpaired) electrons. The molecule has 1 fully saturated rings. The molecule has 0 aromatic carbocycles. The molecule has 0 spiro atoms. The van der Waals surface area contributed by atoms with Gasteiger partial charge in [0.15, 0.2) is 4.34 Å². The molecule has 1 atom stereocenters. The highest BCUT2D eigenvalue weighted by Crippen LogP contribution is 2.24. The number of piperidine rings is 1. The number of nitrogens with one attached hydrogen (secondary N) is 1. The summed E-state index contributed by atoms with van der Waals surface area (Å²) in [5, 5.41) is 3.43. The van der Waals surface area contributed by atoms with Crippen molar-refractivity contribution in [3.05, 3.63) is 5.82 Å². The van der Waals surface area contributed by atoms with Gasteiger partial charge in [0.2, 0.25) is 0 Å². The Hall–Kier alpha value is -0.130. The lowest BCUT2D eigenvalue weighted by atomic mass is 10.0. The summed E-state index contributed by atoms with van der Waals surface area (Å²) in [6.07, 6.45) is 2.68. The van der Waals surface area contributed by atoms with Crippen LogP contribution in [0.15, 0.2) is 4.34 Å². The van der Waals surface area contributed by atoms with Gasteiger partial charge in [-0.2, -0.15) is 4.37 Å². The molecule has 1 unspecified atom stereocenters. The average Bonchev–Trinajstić information content (AvgIpc) is 2.63. The number of rotatable bonds is 3. The van der Waals surface area contributed by atoms with E-state index in [9.17, 15) is 0 Å². The van der Waals surface area contributed by atoms with Gasteiger partial charge in [-0.05, 0) is 50.3 Å². The number of hydrogen-bond acceptors (Lipinski definition) is 5. The second-order valence-corrected chi connectivity index (χ2v) is 5.65. The second-order valence-electron chi connectivity index (χ2n) is 3.63. The standard InChI is InChI=1S/C9H15N3S2/c1-7-11-9(14-12-7)13-6-8-3-2-4-10-5-8/h8,10H,2-6H2,1H3. The van der Waals surface area contributed by atoms with Crippen LogP contribution < -0.4 is 5.32 Å². The summed E-state index contributed by atoms with van der Waals surface area (Å²) >= 11 is 3.37. The minimum Gasteiger partial charge on any atom is -0.316 e. The van der Waals surface area contributed by atoms with Crippen molar-refractivity contribution in [1.29, 1.82) is 0 Å². The third-order valence-corrected chi connectivity index (χ3v) is 4.51. The van der Waals surface area contributed by atoms with E-state index in [1.165, 1.54) is 43.2 Å². The van der Waals surface area contributed by atoms with E-state index in [-0.39, 0.29) is 0 Å². The van der Waals surface area contributed by atoms with Crippen molar-refractivity contribution in [3.63, 3.8) is 0 Å². The minimum atomic E-state index is 0.818. The molecule has 0 amide bonds. The molecule has 5 heteroatoms. The molecular formula is C9H15N3S2. The number of nitrogens with zero attached hydrogens (tertiary/aromatic N) is 2. The monoisotopic (exact) mass is 229 g/mol. The first-order chi connectivity index (χ1) is 6.84. The fourth-order valence-corrected chi connectivity index (χ4v) is 3.40. The van der Waals surface area contributed by atoms with Gasteiger partial charge in [-0.15, -0.1) is 0 Å². The molecule has 0 aliphatic carbocycles. The highest BCUT2D eigenvalue weighted by molar-refractivity contribution is 8.00. The lowest BCUT2D eigenvalue weighted by molar-refractivity contribution is 0.410. The Kier molecular flexibility index (Phi) is 3.78. The Morgan fingerprint density at radius 1 is 1.64 bits per heavy atom. The summed E-state index contributed by atoms with van der Waals surface area (Å²) in [7, 11) is 0. The van der Waals surface area contributed by atoms with Crippen LogP contribution in [0.4, 0.5) is 0 Å². The van der Waals surface area contributed by atoms with Crippen LogP contribution in [0.5, 0.6) is 0 Å². The molecule has 1 N–H and O–H groups in total. The van der Waals surface area contributed by atoms with Gasteiger partial charge in [0.25, 0.3) is 0 Å². The third kappa shape index (κ3) is 2.93. The van der Waals surface area contributed by atoms with E-state index < -0.39 is 0 Å². The summed E-state index contributed by atoms with van der Waals surface area (Å²) in [6, 6.07) is 0. The minimum absolute atomic E-state index is 0.818. The first kappa shape index (κ1) is 10.4. The Bertz CT molecular complexity index is 281. The largest absolute Gasteiger partial charge is 0.316 e. The van der Waals surface area contributed by atoms with Gasteiger partial charge in [-0.3, -0.25) is 0 Å². The van der Waals surface area contributed by atoms with Gasteiger partial charge < -0.3 is 5.32 Å². The Morgan fingerprint density at radius 2 is 2.57 bits per heavy atom. The van der Waals surface area contributed by atoms with E-state index in [0.29, 0.717) is 0 Å². The maximum absolute atomic E-state index is 4.35. The van der Waals surface area contributed by atoms with Crippen molar-refractivity contribution in [2.45, 2.75) is 24.1 Å². The number of hydrogen-bond donors (Lipinski definition) is 1. The fourth-order valence-electron chi connectivity index (χ4n) is 1.59. The number of aryl methyl sites for hydroxylation is 1. The molecular weight excluding hydrogens is 214 g/mol. The molecule has 0 saturated carbocycles. The van der Waals surface area contributed by atoms with Crippen molar-refractivity contribution in [3.8, 4) is 0 Å². The number of aromatic nitrogens is 2. The van der Waals surface area contributed by atoms with Gasteiger partial charge in [0.1, 0.15) is 5.82 Å². The molecule has 1 aromatic rings. The van der Waals surface area contributed by atoms with Crippen molar-refractivity contribution >= 4 is 23.3 Å². The summed E-state index contributed by atoms with van der Waals surface area (Å²) in [5.41, 5.74) is 0. The van der Waals surface area contributed by atoms with Crippen LogP contribution in [0.25, 0.3) is 0 Å². The summed E-state index contributed by atoms with van der Waals surface area (Å²) in [5.74, 6) is 2.90. The SMILES string of the molecule is Cc1nsc(SCC2CCCNC2)n1. The Morgan fingerprint density at radius 3 is 3.21 bits per heavy atom. The molecule has 1 aromatic heterocycles. The van der Waals surface area contributed by atoms with Gasteiger partial charge in [0.05, 0.1) is 0 Å². The molecule has 1 saturated heterocycles. The summed E-state index contributed by atoms with van der Waals surface area (Å²) in [6.45, 7) is 4.31. The van der Waals surface area contributed by atoms with Gasteiger partial charge >= 0.3 is 0 Å². The van der Waals surface area contributed by atoms with Crippen molar-refractivity contribution in [1.82, 2.24) is 14.7 Å². The average molecular weight is 229 g/mol. The van der Waals surface area contributed by atoms with E-state index in [1.807, 2.05) is 18.7 Å². The molecule has 2 rings (SSSR count). The lowest BCUT2D eigenvalue weighted by Gasteiger charge is -2.21. The normalized spacial score (nSPS) is 22.5. The third-order valence-electron chi connectivity index (χ3n) is 2.35. The first-order valence-electron chi connectivity index (χ1n) is 4.98. The van der Waals surface area contributed by atoms with Crippen LogP contribution in [-0.2, 0) is 0 Å². The zero-order valence-electron chi connectivity index (χ0n) is 8.32. The highest BCUT2D eigenvalue weighted by atomic mass is 32.2. The summed E-state index contributed by atoms with van der Waals surface area (Å²) in [4.78, 5) is 4.35. The van der Waals surface area contributed by atoms with Crippen LogP contribution in [-0.4, -0.2) is 28.2 Å². The van der Waals surface area contributed by atoms with Crippen LogP contribution in [0.2, 0.25) is 0 Å². The molecule has 0 bridgehead atoms. The highest BCUT2D eigenvalue weighted by Gasteiger charge is 2.13. The van der Waals surface area contributed by atoms with Crippen LogP contribution in [0.3, 0.4) is 0 Å². The fraction of sp³-hybridized carbons (Fsp3) is 0.778. The van der Waals surface area contributed by atoms with Crippen molar-refractivity contribution < 1.29 is 0 Å². The smallest absolute Gasteiger partial charge is 0.170 e. The molecule has 2 heterocycles. The molecule has 14 heavy (non-hydrogen) atoms. The quantitative estimate of drug-likeness (QED) is 0.804. The van der Waals surface area contributed by atoms with E-state index in [0.717, 1.165) is 16.1 Å². The predicted octanol–water partition coefficient (Wildman–Crippen LogP) is 1.94. The Labute approximate surface area is 92.9 Å². The molecule has 1 aliphatic rings. The van der Waals surface area contributed by atoms with Crippen molar-refractivity contribution in [2.75, 3.05) is 18.8 Å². The lowest BCUT2D eigenvalue weighted by Crippen LogP contribution is -2.30. The van der Waals surface area contributed by atoms with E-state index in [2.05, 4.69) is 14.7 Å². The second kappa shape index (κ2) is 5.09. The van der Waals surface area contributed by atoms with Gasteiger partial charge in [-0.25, -0.2) is 4.98 Å². The summed E-state index contributed by atoms with van der Waals surface area (Å²) < 4.78 is 5.29. The van der Waals surface area contributed by atoms with Gasteiger partial charge in [0, 0.05) is 5.75 Å². The maximum Gasteiger partial charge on any atom is 0.170 e. The van der Waals surface area contributed by atoms with Crippen LogP contribution in [0, 0.1) is 12.8 Å². The zero-order chi connectivity index (χ0) is 9.80. The zero-order valence-corrected chi connectivity index (χ0v) is 9.96. The van der Waals surface area contributed by atoms with E-state index in [1.54, 1.807) is 0 Å². The van der Waals surface area contributed by atoms with Crippen LogP contribution in [0.1, 0.15) is 18.7 Å². The van der Waals surface area contributed by atoms with E-state index >= 15 is 0 Å². The Balaban J connectivity index is 1.76. The van der Waals surface area contributed by atoms with E-state index in [4.69, 9.17) is 0 Å². The van der Waals surface area contributed by atoms with Crippen LogP contribution >= 0.6 is 23.3 Å². The first-order valence-corrected chi connectivity index (χ1v) is 6.74. The number of thioether (sulfide) groups is 1. The molecule has 1 aliphatic heterocycles. The maximum atomic E-state index is 4.35. The molecule has 78 valence electrons. The van der Waals surface area contributed by atoms with Crippen molar-refractivity contribution in [2.24, 2.45) is 5.92 Å². The predicted molar refractivity (Wildman–Crippen MR) is 61.0 cm³/mol. The molecule has 3 nitrogen and oxygen atoms in total. The van der Waals surface area contributed by atoms with Gasteiger partial charge in [-0.1, -0.05) is 11.8 Å². The topological polar surface area (TPSA) is 37.8 Å².